The van der Waals surface area contributed by atoms with Gasteiger partial charge in [-0.25, -0.2) is 0 Å². The fraction of sp³-hybridized carbons (Fsp3) is 0.917. The van der Waals surface area contributed by atoms with Gasteiger partial charge in [0.2, 0.25) is 0 Å². The predicted molar refractivity (Wildman–Crippen MR) is 63.9 cm³/mol. The molecule has 0 aromatic rings. The van der Waals surface area contributed by atoms with Crippen molar-refractivity contribution in [2.75, 3.05) is 26.3 Å². The maximum atomic E-state index is 10.9. The molecule has 0 saturated carbocycles. The van der Waals surface area contributed by atoms with E-state index in [1.807, 2.05) is 13.8 Å². The molecular weight excluding hydrogens is 222 g/mol. The molecule has 0 aromatic heterocycles. The summed E-state index contributed by atoms with van der Waals surface area (Å²) in [4.78, 5) is 13.0. The van der Waals surface area contributed by atoms with Gasteiger partial charge in [-0.3, -0.25) is 9.69 Å². The summed E-state index contributed by atoms with van der Waals surface area (Å²) < 4.78 is 5.16. The third-order valence-corrected chi connectivity index (χ3v) is 3.32. The number of aliphatic carboxylic acids is 1. The molecular formula is C12H23NO4. The van der Waals surface area contributed by atoms with Crippen LogP contribution in [0, 0.1) is 5.92 Å². The predicted octanol–water partition coefficient (Wildman–Crippen LogP) is 0.569. The Morgan fingerprint density at radius 3 is 2.82 bits per heavy atom. The second-order valence-electron chi connectivity index (χ2n) is 4.72. The number of hydrogen-bond donors (Lipinski definition) is 2. The highest BCUT2D eigenvalue weighted by Gasteiger charge is 2.30. The standard InChI is InChI=1S/C12H23NO4/c1-3-17-8-11(14)7-13-5-4-10(12(15)16)6-9(13)2/h9-11,14H,3-8H2,1-2H3,(H,15,16). The van der Waals surface area contributed by atoms with Crippen LogP contribution < -0.4 is 0 Å². The molecule has 1 aliphatic heterocycles. The number of rotatable bonds is 6. The lowest BCUT2D eigenvalue weighted by Crippen LogP contribution is -2.46. The summed E-state index contributed by atoms with van der Waals surface area (Å²) in [6.45, 7) is 6.17. The number of aliphatic hydroxyl groups is 1. The van der Waals surface area contributed by atoms with Crippen LogP contribution in [0.15, 0.2) is 0 Å². The minimum Gasteiger partial charge on any atom is -0.481 e. The summed E-state index contributed by atoms with van der Waals surface area (Å²) in [5, 5.41) is 18.7. The Labute approximate surface area is 102 Å². The van der Waals surface area contributed by atoms with Gasteiger partial charge in [0.1, 0.15) is 0 Å². The highest BCUT2D eigenvalue weighted by atomic mass is 16.5. The largest absolute Gasteiger partial charge is 0.481 e. The number of ether oxygens (including phenoxy) is 1. The van der Waals surface area contributed by atoms with Gasteiger partial charge in [0.15, 0.2) is 0 Å². The molecule has 5 nitrogen and oxygen atoms in total. The molecule has 0 bridgehead atoms. The molecule has 1 fully saturated rings. The van der Waals surface area contributed by atoms with Crippen LogP contribution >= 0.6 is 0 Å². The fourth-order valence-corrected chi connectivity index (χ4v) is 2.29. The molecule has 1 rings (SSSR count). The second-order valence-corrected chi connectivity index (χ2v) is 4.72. The van der Waals surface area contributed by atoms with Crippen molar-refractivity contribution in [3.05, 3.63) is 0 Å². The number of hydrogen-bond acceptors (Lipinski definition) is 4. The average Bonchev–Trinajstić information content (AvgIpc) is 2.28. The van der Waals surface area contributed by atoms with E-state index >= 15 is 0 Å². The Kier molecular flexibility index (Phi) is 5.88. The molecule has 0 amide bonds. The zero-order chi connectivity index (χ0) is 12.8. The summed E-state index contributed by atoms with van der Waals surface area (Å²) in [6, 6.07) is 0.209. The highest BCUT2D eigenvalue weighted by Crippen LogP contribution is 2.22. The van der Waals surface area contributed by atoms with Crippen LogP contribution in [0.1, 0.15) is 26.7 Å². The number of aliphatic hydroxyl groups excluding tert-OH is 1. The van der Waals surface area contributed by atoms with Crippen LogP contribution in [0.25, 0.3) is 0 Å². The van der Waals surface area contributed by atoms with Crippen molar-refractivity contribution >= 4 is 5.97 Å². The summed E-state index contributed by atoms with van der Waals surface area (Å²) >= 11 is 0. The first kappa shape index (κ1) is 14.4. The van der Waals surface area contributed by atoms with E-state index in [1.165, 1.54) is 0 Å². The van der Waals surface area contributed by atoms with Gasteiger partial charge < -0.3 is 14.9 Å². The lowest BCUT2D eigenvalue weighted by atomic mass is 9.91. The van der Waals surface area contributed by atoms with Gasteiger partial charge in [0.25, 0.3) is 0 Å². The minimum atomic E-state index is -0.702. The zero-order valence-corrected chi connectivity index (χ0v) is 10.6. The van der Waals surface area contributed by atoms with E-state index in [0.717, 1.165) is 6.54 Å². The van der Waals surface area contributed by atoms with Crippen LogP contribution in [0.4, 0.5) is 0 Å². The molecule has 3 atom stereocenters. The maximum Gasteiger partial charge on any atom is 0.306 e. The van der Waals surface area contributed by atoms with Crippen molar-refractivity contribution in [1.82, 2.24) is 4.90 Å². The van der Waals surface area contributed by atoms with Gasteiger partial charge in [-0.05, 0) is 33.2 Å². The minimum absolute atomic E-state index is 0.209. The highest BCUT2D eigenvalue weighted by molar-refractivity contribution is 5.70. The topological polar surface area (TPSA) is 70.0 Å². The average molecular weight is 245 g/mol. The van der Waals surface area contributed by atoms with E-state index < -0.39 is 12.1 Å². The smallest absolute Gasteiger partial charge is 0.306 e. The van der Waals surface area contributed by atoms with Gasteiger partial charge in [-0.15, -0.1) is 0 Å². The Balaban J connectivity index is 2.34. The third kappa shape index (κ3) is 4.61. The normalized spacial score (nSPS) is 27.9. The lowest BCUT2D eigenvalue weighted by Gasteiger charge is -2.37. The van der Waals surface area contributed by atoms with Crippen molar-refractivity contribution in [1.29, 1.82) is 0 Å². The van der Waals surface area contributed by atoms with Crippen molar-refractivity contribution in [2.24, 2.45) is 5.92 Å². The number of β-amino-alcohol motifs (C(OH)–C–C–N with tert-alkyl or cyclic N) is 1. The summed E-state index contributed by atoms with van der Waals surface area (Å²) in [7, 11) is 0. The Hall–Kier alpha value is -0.650. The molecule has 2 N–H and O–H groups in total. The molecule has 3 unspecified atom stereocenters. The van der Waals surface area contributed by atoms with Crippen LogP contribution in [0.3, 0.4) is 0 Å². The van der Waals surface area contributed by atoms with Gasteiger partial charge in [-0.1, -0.05) is 0 Å². The molecule has 0 aromatic carbocycles. The number of carbonyl (C=O) groups is 1. The maximum absolute atomic E-state index is 10.9. The Morgan fingerprint density at radius 1 is 1.59 bits per heavy atom. The Morgan fingerprint density at radius 2 is 2.29 bits per heavy atom. The number of carboxylic acid groups (broad SMARTS) is 1. The number of piperidine rings is 1. The van der Waals surface area contributed by atoms with Crippen molar-refractivity contribution in [2.45, 2.75) is 38.8 Å². The number of nitrogens with zero attached hydrogens (tertiary/aromatic N) is 1. The molecule has 17 heavy (non-hydrogen) atoms. The van der Waals surface area contributed by atoms with E-state index in [0.29, 0.717) is 32.6 Å². The van der Waals surface area contributed by atoms with Crippen LogP contribution in [0.5, 0.6) is 0 Å². The van der Waals surface area contributed by atoms with Crippen LogP contribution in [-0.4, -0.2) is 59.5 Å². The van der Waals surface area contributed by atoms with Crippen molar-refractivity contribution < 1.29 is 19.7 Å². The van der Waals surface area contributed by atoms with Crippen LogP contribution in [0.2, 0.25) is 0 Å². The van der Waals surface area contributed by atoms with E-state index in [9.17, 15) is 9.90 Å². The van der Waals surface area contributed by atoms with Gasteiger partial charge in [-0.2, -0.15) is 0 Å². The molecule has 5 heteroatoms. The lowest BCUT2D eigenvalue weighted by molar-refractivity contribution is -0.144. The quantitative estimate of drug-likeness (QED) is 0.716. The second kappa shape index (κ2) is 6.93. The summed E-state index contributed by atoms with van der Waals surface area (Å²) in [5.41, 5.74) is 0. The van der Waals surface area contributed by atoms with E-state index in [4.69, 9.17) is 9.84 Å². The molecule has 1 heterocycles. The summed E-state index contributed by atoms with van der Waals surface area (Å²) in [5.74, 6) is -0.934. The van der Waals surface area contributed by atoms with E-state index in [1.54, 1.807) is 0 Å². The monoisotopic (exact) mass is 245 g/mol. The third-order valence-electron chi connectivity index (χ3n) is 3.32. The molecule has 1 saturated heterocycles. The van der Waals surface area contributed by atoms with Gasteiger partial charge in [0, 0.05) is 19.2 Å². The van der Waals surface area contributed by atoms with Gasteiger partial charge in [0.05, 0.1) is 18.6 Å². The van der Waals surface area contributed by atoms with E-state index in [2.05, 4.69) is 4.90 Å². The first-order valence-electron chi connectivity index (χ1n) is 6.27. The van der Waals surface area contributed by atoms with E-state index in [-0.39, 0.29) is 12.0 Å². The number of carboxylic acids is 1. The fourth-order valence-electron chi connectivity index (χ4n) is 2.29. The summed E-state index contributed by atoms with van der Waals surface area (Å²) in [6.07, 6.45) is 0.844. The number of likely N-dealkylation sites (tertiary alicyclic amines) is 1. The zero-order valence-electron chi connectivity index (χ0n) is 10.6. The van der Waals surface area contributed by atoms with Crippen molar-refractivity contribution in [3.8, 4) is 0 Å². The van der Waals surface area contributed by atoms with Gasteiger partial charge >= 0.3 is 5.97 Å². The first-order valence-corrected chi connectivity index (χ1v) is 6.27. The molecule has 1 aliphatic rings. The SMILES string of the molecule is CCOCC(O)CN1CCC(C(=O)O)CC1C. The molecule has 100 valence electrons. The van der Waals surface area contributed by atoms with Crippen molar-refractivity contribution in [3.63, 3.8) is 0 Å². The van der Waals surface area contributed by atoms with Crippen LogP contribution in [-0.2, 0) is 9.53 Å². The molecule has 0 radical (unpaired) electrons. The first-order chi connectivity index (χ1) is 8.04. The molecule has 0 spiro atoms. The molecule has 0 aliphatic carbocycles. The Bertz CT molecular complexity index is 247.